The topological polar surface area (TPSA) is 52.9 Å². The number of rotatable bonds is 3. The number of nitriles is 1. The Morgan fingerprint density at radius 2 is 2.31 bits per heavy atom. The molecule has 3 nitrogen and oxygen atoms in total. The van der Waals surface area contributed by atoms with Crippen molar-refractivity contribution >= 4 is 21.8 Å². The van der Waals surface area contributed by atoms with E-state index in [0.29, 0.717) is 4.47 Å². The summed E-state index contributed by atoms with van der Waals surface area (Å²) in [6.07, 6.45) is 0. The summed E-state index contributed by atoms with van der Waals surface area (Å²) in [6.45, 7) is 1.95. The quantitative estimate of drug-likeness (QED) is 0.927. The molecule has 0 aliphatic heterocycles. The lowest BCUT2D eigenvalue weighted by molar-refractivity contribution is 0.0950. The van der Waals surface area contributed by atoms with Gasteiger partial charge in [0.15, 0.2) is 0 Å². The molecule has 1 aromatic carbocycles. The number of hydrogen-bond donors (Lipinski definition) is 1. The Morgan fingerprint density at radius 1 is 1.62 bits per heavy atom. The highest BCUT2D eigenvalue weighted by Crippen LogP contribution is 2.14. The maximum absolute atomic E-state index is 13.0. The van der Waals surface area contributed by atoms with Gasteiger partial charge in [0, 0.05) is 16.6 Å². The first kappa shape index (κ1) is 12.7. The number of nitrogens with zero attached hydrogens (tertiary/aromatic N) is 1. The molecular formula is C11H10BrFN2O. The van der Waals surface area contributed by atoms with E-state index in [2.05, 4.69) is 21.2 Å². The summed E-state index contributed by atoms with van der Waals surface area (Å²) in [6, 6.07) is 5.94. The first-order valence-corrected chi connectivity index (χ1v) is 5.46. The van der Waals surface area contributed by atoms with Gasteiger partial charge in [-0.05, 0) is 25.1 Å². The molecule has 0 radical (unpaired) electrons. The van der Waals surface area contributed by atoms with Crippen LogP contribution in [0.2, 0.25) is 0 Å². The molecule has 0 bridgehead atoms. The molecule has 1 unspecified atom stereocenters. The molecule has 0 aromatic heterocycles. The third kappa shape index (κ3) is 3.63. The third-order valence-electron chi connectivity index (χ3n) is 1.91. The molecule has 1 aromatic rings. The van der Waals surface area contributed by atoms with Gasteiger partial charge in [0.25, 0.3) is 5.91 Å². The number of halogens is 2. The smallest absolute Gasteiger partial charge is 0.251 e. The van der Waals surface area contributed by atoms with Crippen molar-refractivity contribution in [3.63, 3.8) is 0 Å². The molecule has 1 atom stereocenters. The van der Waals surface area contributed by atoms with Crippen LogP contribution in [0.3, 0.4) is 0 Å². The predicted molar refractivity (Wildman–Crippen MR) is 61.2 cm³/mol. The Balaban J connectivity index is 2.70. The first-order valence-electron chi connectivity index (χ1n) is 4.67. The van der Waals surface area contributed by atoms with E-state index in [-0.39, 0.29) is 23.9 Å². The number of carbonyl (C=O) groups excluding carboxylic acids is 1. The van der Waals surface area contributed by atoms with Crippen LogP contribution in [0.4, 0.5) is 4.39 Å². The minimum Gasteiger partial charge on any atom is -0.351 e. The van der Waals surface area contributed by atoms with Gasteiger partial charge < -0.3 is 5.32 Å². The minimum absolute atomic E-state index is 0.233. The molecule has 0 fully saturated rings. The van der Waals surface area contributed by atoms with Crippen LogP contribution in [-0.2, 0) is 0 Å². The molecule has 0 saturated heterocycles. The lowest BCUT2D eigenvalue weighted by Gasteiger charge is -2.06. The van der Waals surface area contributed by atoms with E-state index in [9.17, 15) is 9.18 Å². The number of carbonyl (C=O) groups is 1. The Labute approximate surface area is 101 Å². The average Bonchev–Trinajstić information content (AvgIpc) is 2.23. The predicted octanol–water partition coefficient (Wildman–Crippen LogP) is 2.48. The van der Waals surface area contributed by atoms with Crippen LogP contribution in [-0.4, -0.2) is 12.5 Å². The Hall–Kier alpha value is -1.41. The Kier molecular flexibility index (Phi) is 4.44. The van der Waals surface area contributed by atoms with Gasteiger partial charge in [-0.3, -0.25) is 4.79 Å². The largest absolute Gasteiger partial charge is 0.351 e. The summed E-state index contributed by atoms with van der Waals surface area (Å²) in [7, 11) is 0. The van der Waals surface area contributed by atoms with Crippen molar-refractivity contribution in [3.05, 3.63) is 34.1 Å². The van der Waals surface area contributed by atoms with Gasteiger partial charge in [-0.1, -0.05) is 15.9 Å². The van der Waals surface area contributed by atoms with E-state index in [0.717, 1.165) is 6.07 Å². The fourth-order valence-electron chi connectivity index (χ4n) is 1.08. The summed E-state index contributed by atoms with van der Waals surface area (Å²) >= 11 is 3.10. The van der Waals surface area contributed by atoms with E-state index in [1.54, 1.807) is 6.92 Å². The fourth-order valence-corrected chi connectivity index (χ4v) is 1.54. The van der Waals surface area contributed by atoms with Crippen LogP contribution in [0.25, 0.3) is 0 Å². The molecule has 84 valence electrons. The van der Waals surface area contributed by atoms with Crippen LogP contribution >= 0.6 is 15.9 Å². The van der Waals surface area contributed by atoms with Crippen molar-refractivity contribution in [1.82, 2.24) is 5.32 Å². The highest BCUT2D eigenvalue weighted by atomic mass is 79.9. The summed E-state index contributed by atoms with van der Waals surface area (Å²) in [5.74, 6) is -1.13. The Morgan fingerprint density at radius 3 is 2.88 bits per heavy atom. The van der Waals surface area contributed by atoms with Crippen molar-refractivity contribution in [2.24, 2.45) is 5.92 Å². The maximum atomic E-state index is 13.0. The second-order valence-corrected chi connectivity index (χ2v) is 4.31. The van der Waals surface area contributed by atoms with Gasteiger partial charge in [0.1, 0.15) is 5.82 Å². The SMILES string of the molecule is CC(C#N)CNC(=O)c1cc(F)cc(Br)c1. The van der Waals surface area contributed by atoms with Crippen LogP contribution in [0.5, 0.6) is 0 Å². The highest BCUT2D eigenvalue weighted by molar-refractivity contribution is 9.10. The van der Waals surface area contributed by atoms with Gasteiger partial charge in [-0.2, -0.15) is 5.26 Å². The molecule has 0 spiro atoms. The zero-order valence-corrected chi connectivity index (χ0v) is 10.2. The van der Waals surface area contributed by atoms with Crippen LogP contribution < -0.4 is 5.32 Å². The third-order valence-corrected chi connectivity index (χ3v) is 2.37. The second-order valence-electron chi connectivity index (χ2n) is 3.40. The average molecular weight is 285 g/mol. The van der Waals surface area contributed by atoms with Gasteiger partial charge >= 0.3 is 0 Å². The molecule has 1 rings (SSSR count). The molecule has 1 N–H and O–H groups in total. The number of amides is 1. The number of nitrogens with one attached hydrogen (secondary N) is 1. The molecular weight excluding hydrogens is 275 g/mol. The molecule has 16 heavy (non-hydrogen) atoms. The zero-order valence-electron chi connectivity index (χ0n) is 8.63. The van der Waals surface area contributed by atoms with E-state index in [4.69, 9.17) is 5.26 Å². The van der Waals surface area contributed by atoms with E-state index < -0.39 is 5.82 Å². The molecule has 0 aliphatic rings. The van der Waals surface area contributed by atoms with E-state index in [1.807, 2.05) is 6.07 Å². The maximum Gasteiger partial charge on any atom is 0.251 e. The van der Waals surface area contributed by atoms with Gasteiger partial charge in [0.05, 0.1) is 12.0 Å². The molecule has 0 saturated carbocycles. The molecule has 0 aliphatic carbocycles. The lowest BCUT2D eigenvalue weighted by atomic mass is 10.2. The van der Waals surface area contributed by atoms with E-state index >= 15 is 0 Å². The molecule has 0 heterocycles. The zero-order chi connectivity index (χ0) is 12.1. The van der Waals surface area contributed by atoms with Gasteiger partial charge in [-0.15, -0.1) is 0 Å². The Bertz CT molecular complexity index is 422. The van der Waals surface area contributed by atoms with Crippen LogP contribution in [0, 0.1) is 23.1 Å². The summed E-state index contributed by atoms with van der Waals surface area (Å²) in [5, 5.41) is 11.1. The van der Waals surface area contributed by atoms with Gasteiger partial charge in [0.2, 0.25) is 0 Å². The van der Waals surface area contributed by atoms with Crippen LogP contribution in [0.1, 0.15) is 17.3 Å². The fraction of sp³-hybridized carbons (Fsp3) is 0.273. The minimum atomic E-state index is -0.479. The lowest BCUT2D eigenvalue weighted by Crippen LogP contribution is -2.27. The number of benzene rings is 1. The van der Waals surface area contributed by atoms with Crippen molar-refractivity contribution < 1.29 is 9.18 Å². The standard InChI is InChI=1S/C11H10BrFN2O/c1-7(5-14)6-15-11(16)8-2-9(12)4-10(13)3-8/h2-4,7H,6H2,1H3,(H,15,16). The summed E-state index contributed by atoms with van der Waals surface area (Å²) < 4.78 is 13.5. The summed E-state index contributed by atoms with van der Waals surface area (Å²) in [4.78, 5) is 11.6. The molecule has 5 heteroatoms. The summed E-state index contributed by atoms with van der Waals surface area (Å²) in [5.41, 5.74) is 0.233. The second kappa shape index (κ2) is 5.61. The number of hydrogen-bond acceptors (Lipinski definition) is 2. The molecule has 1 amide bonds. The van der Waals surface area contributed by atoms with E-state index in [1.165, 1.54) is 12.1 Å². The van der Waals surface area contributed by atoms with Crippen molar-refractivity contribution in [2.75, 3.05) is 6.54 Å². The van der Waals surface area contributed by atoms with Crippen LogP contribution in [0.15, 0.2) is 22.7 Å². The monoisotopic (exact) mass is 284 g/mol. The highest BCUT2D eigenvalue weighted by Gasteiger charge is 2.09. The van der Waals surface area contributed by atoms with Crippen molar-refractivity contribution in [2.45, 2.75) is 6.92 Å². The van der Waals surface area contributed by atoms with Gasteiger partial charge in [-0.25, -0.2) is 4.39 Å². The normalized spacial score (nSPS) is 11.6. The first-order chi connectivity index (χ1) is 7.52. The van der Waals surface area contributed by atoms with Crippen molar-refractivity contribution in [1.29, 1.82) is 5.26 Å². The van der Waals surface area contributed by atoms with Crippen molar-refractivity contribution in [3.8, 4) is 6.07 Å².